The first-order valence-electron chi connectivity index (χ1n) is 2.73. The molecular weight excluding hydrogens is 146 g/mol. The zero-order valence-electron chi connectivity index (χ0n) is 4.78. The molecule has 1 saturated carbocycles. The molecule has 0 radical (unpaired) electrons. The topological polar surface area (TPSA) is 0 Å². The zero-order chi connectivity index (χ0) is 7.07. The fourth-order valence-electron chi connectivity index (χ4n) is 0.805. The third-order valence-electron chi connectivity index (χ3n) is 1.53. The Balaban J connectivity index is 2.42. The van der Waals surface area contributed by atoms with Gasteiger partial charge in [0.1, 0.15) is 5.38 Å². The lowest BCUT2D eigenvalue weighted by Gasteiger charge is -1.87. The molecule has 1 fully saturated rings. The molecule has 0 aromatic rings. The molecule has 0 bridgehead atoms. The van der Waals surface area contributed by atoms with Gasteiger partial charge in [-0.2, -0.15) is 0 Å². The number of rotatable bonds is 2. The number of allylic oxidation sites excluding steroid dienone is 1. The van der Waals surface area contributed by atoms with Crippen LogP contribution in [0.5, 0.6) is 0 Å². The Kier molecular flexibility index (Phi) is 1.51. The molecular formula is C6H7ClF2. The van der Waals surface area contributed by atoms with E-state index < -0.39 is 17.2 Å². The van der Waals surface area contributed by atoms with Crippen molar-refractivity contribution in [3.05, 3.63) is 12.7 Å². The van der Waals surface area contributed by atoms with Crippen molar-refractivity contribution >= 4 is 11.6 Å². The van der Waals surface area contributed by atoms with Crippen LogP contribution in [-0.2, 0) is 0 Å². The maximum atomic E-state index is 12.2. The first-order chi connectivity index (χ1) is 4.10. The molecule has 0 heterocycles. The van der Waals surface area contributed by atoms with Crippen molar-refractivity contribution in [2.75, 3.05) is 0 Å². The predicted octanol–water partition coefficient (Wildman–Crippen LogP) is 2.44. The molecule has 0 amide bonds. The molecule has 3 heteroatoms. The van der Waals surface area contributed by atoms with Gasteiger partial charge in [-0.1, -0.05) is 6.08 Å². The number of hydrogen-bond donors (Lipinski definition) is 0. The van der Waals surface area contributed by atoms with Gasteiger partial charge in [0.15, 0.2) is 0 Å². The van der Waals surface area contributed by atoms with Crippen LogP contribution in [0.15, 0.2) is 12.7 Å². The molecule has 0 nitrogen and oxygen atoms in total. The van der Waals surface area contributed by atoms with Crippen molar-refractivity contribution in [2.24, 2.45) is 5.92 Å². The molecule has 1 aliphatic rings. The summed E-state index contributed by atoms with van der Waals surface area (Å²) < 4.78 is 24.4. The van der Waals surface area contributed by atoms with E-state index >= 15 is 0 Å². The molecule has 0 N–H and O–H groups in total. The lowest BCUT2D eigenvalue weighted by Crippen LogP contribution is -1.93. The van der Waals surface area contributed by atoms with Crippen LogP contribution in [0.3, 0.4) is 0 Å². The van der Waals surface area contributed by atoms with Crippen molar-refractivity contribution in [2.45, 2.75) is 17.7 Å². The first kappa shape index (κ1) is 7.00. The van der Waals surface area contributed by atoms with Crippen LogP contribution >= 0.6 is 11.6 Å². The Morgan fingerprint density at radius 3 is 2.22 bits per heavy atom. The minimum atomic E-state index is -2.63. The summed E-state index contributed by atoms with van der Waals surface area (Å²) >= 11 is 5.22. The van der Waals surface area contributed by atoms with Gasteiger partial charge >= 0.3 is 0 Å². The normalized spacial score (nSPS) is 38.1. The van der Waals surface area contributed by atoms with E-state index in [-0.39, 0.29) is 0 Å². The van der Waals surface area contributed by atoms with Crippen LogP contribution in [0.25, 0.3) is 0 Å². The zero-order valence-corrected chi connectivity index (χ0v) is 5.54. The smallest absolute Gasteiger partial charge is 0.205 e. The van der Waals surface area contributed by atoms with Crippen molar-refractivity contribution < 1.29 is 8.78 Å². The van der Waals surface area contributed by atoms with E-state index in [1.807, 2.05) is 0 Å². The molecule has 0 aliphatic heterocycles. The highest BCUT2D eigenvalue weighted by molar-refractivity contribution is 6.23. The van der Waals surface area contributed by atoms with Gasteiger partial charge in [0, 0.05) is 5.92 Å². The second-order valence-corrected chi connectivity index (χ2v) is 2.68. The highest BCUT2D eigenvalue weighted by atomic mass is 35.5. The van der Waals surface area contributed by atoms with Gasteiger partial charge in [0.05, 0.1) is 0 Å². The van der Waals surface area contributed by atoms with Crippen molar-refractivity contribution in [1.82, 2.24) is 0 Å². The third kappa shape index (κ3) is 0.960. The Morgan fingerprint density at radius 1 is 1.67 bits per heavy atom. The standard InChI is InChI=1S/C6H7ClF2/c1-2-3-4-5(7)6(4,8)9/h2,4-5H,1,3H2/t4?,5-/m1/s1. The van der Waals surface area contributed by atoms with Gasteiger partial charge in [0.2, 0.25) is 0 Å². The Morgan fingerprint density at radius 2 is 2.11 bits per heavy atom. The molecule has 1 rings (SSSR count). The van der Waals surface area contributed by atoms with Crippen LogP contribution in [0.4, 0.5) is 8.78 Å². The Labute approximate surface area is 57.5 Å². The van der Waals surface area contributed by atoms with Gasteiger partial charge in [-0.3, -0.25) is 0 Å². The molecule has 0 saturated heterocycles. The van der Waals surface area contributed by atoms with E-state index in [2.05, 4.69) is 6.58 Å². The highest BCUT2D eigenvalue weighted by Gasteiger charge is 2.66. The summed E-state index contributed by atoms with van der Waals surface area (Å²) in [4.78, 5) is 0. The summed E-state index contributed by atoms with van der Waals surface area (Å²) in [5, 5.41) is -0.949. The second-order valence-electron chi connectivity index (χ2n) is 2.21. The van der Waals surface area contributed by atoms with Gasteiger partial charge < -0.3 is 0 Å². The molecule has 52 valence electrons. The third-order valence-corrected chi connectivity index (χ3v) is 2.12. The summed E-state index contributed by atoms with van der Waals surface area (Å²) in [6, 6.07) is 0. The molecule has 0 aromatic carbocycles. The van der Waals surface area contributed by atoms with E-state index in [4.69, 9.17) is 11.6 Å². The first-order valence-corrected chi connectivity index (χ1v) is 3.17. The van der Waals surface area contributed by atoms with Crippen LogP contribution in [-0.4, -0.2) is 11.3 Å². The number of alkyl halides is 3. The highest BCUT2D eigenvalue weighted by Crippen LogP contribution is 2.54. The molecule has 1 unspecified atom stereocenters. The largest absolute Gasteiger partial charge is 0.269 e. The summed E-state index contributed by atoms with van der Waals surface area (Å²) in [6.45, 7) is 3.35. The van der Waals surface area contributed by atoms with E-state index in [0.717, 1.165) is 0 Å². The quantitative estimate of drug-likeness (QED) is 0.421. The van der Waals surface area contributed by atoms with Gasteiger partial charge in [0.25, 0.3) is 5.92 Å². The average Bonchev–Trinajstić information content (AvgIpc) is 2.19. The van der Waals surface area contributed by atoms with Crippen LogP contribution in [0, 0.1) is 5.92 Å². The van der Waals surface area contributed by atoms with Crippen LogP contribution < -0.4 is 0 Å². The van der Waals surface area contributed by atoms with Gasteiger partial charge in [-0.15, -0.1) is 18.2 Å². The summed E-state index contributed by atoms with van der Waals surface area (Å²) in [5.41, 5.74) is 0. The summed E-state index contributed by atoms with van der Waals surface area (Å²) in [6.07, 6.45) is 1.79. The molecule has 0 aromatic heterocycles. The average molecular weight is 153 g/mol. The van der Waals surface area contributed by atoms with Crippen LogP contribution in [0.1, 0.15) is 6.42 Å². The van der Waals surface area contributed by atoms with Crippen molar-refractivity contribution in [1.29, 1.82) is 0 Å². The molecule has 0 spiro atoms. The van der Waals surface area contributed by atoms with E-state index in [1.165, 1.54) is 6.08 Å². The van der Waals surface area contributed by atoms with Gasteiger partial charge in [-0.05, 0) is 6.42 Å². The lowest BCUT2D eigenvalue weighted by molar-refractivity contribution is 0.100. The Bertz CT molecular complexity index is 133. The van der Waals surface area contributed by atoms with E-state index in [9.17, 15) is 8.78 Å². The van der Waals surface area contributed by atoms with E-state index in [0.29, 0.717) is 6.42 Å². The fraction of sp³-hybridized carbons (Fsp3) is 0.667. The Hall–Kier alpha value is -0.110. The maximum Gasteiger partial charge on any atom is 0.269 e. The molecule has 2 atom stereocenters. The van der Waals surface area contributed by atoms with E-state index in [1.54, 1.807) is 0 Å². The molecule has 1 aliphatic carbocycles. The van der Waals surface area contributed by atoms with Crippen LogP contribution in [0.2, 0.25) is 0 Å². The fourth-order valence-corrected chi connectivity index (χ4v) is 1.16. The SMILES string of the molecule is C=CCC1[C@@H](Cl)C1(F)F. The summed E-state index contributed by atoms with van der Waals surface area (Å²) in [5.74, 6) is -3.29. The van der Waals surface area contributed by atoms with Crippen molar-refractivity contribution in [3.63, 3.8) is 0 Å². The second kappa shape index (κ2) is 1.94. The maximum absolute atomic E-state index is 12.2. The monoisotopic (exact) mass is 152 g/mol. The minimum Gasteiger partial charge on any atom is -0.205 e. The number of hydrogen-bond acceptors (Lipinski definition) is 0. The summed E-state index contributed by atoms with van der Waals surface area (Å²) in [7, 11) is 0. The van der Waals surface area contributed by atoms with Gasteiger partial charge in [-0.25, -0.2) is 8.78 Å². The minimum absolute atomic E-state index is 0.321. The lowest BCUT2D eigenvalue weighted by atomic mass is 10.3. The molecule has 9 heavy (non-hydrogen) atoms. The number of halogens is 3. The van der Waals surface area contributed by atoms with Crippen molar-refractivity contribution in [3.8, 4) is 0 Å². The predicted molar refractivity (Wildman–Crippen MR) is 32.9 cm³/mol.